The van der Waals surface area contributed by atoms with E-state index in [0.29, 0.717) is 6.04 Å². The highest BCUT2D eigenvalue weighted by Crippen LogP contribution is 2.25. The first-order chi connectivity index (χ1) is 9.83. The van der Waals surface area contributed by atoms with Crippen molar-refractivity contribution >= 4 is 0 Å². The lowest BCUT2D eigenvalue weighted by atomic mass is 9.88. The van der Waals surface area contributed by atoms with Crippen molar-refractivity contribution in [3.63, 3.8) is 0 Å². The van der Waals surface area contributed by atoms with Crippen LogP contribution in [0.3, 0.4) is 0 Å². The van der Waals surface area contributed by atoms with Gasteiger partial charge in [-0.2, -0.15) is 0 Å². The van der Waals surface area contributed by atoms with Gasteiger partial charge in [0.2, 0.25) is 0 Å². The summed E-state index contributed by atoms with van der Waals surface area (Å²) in [5, 5.41) is 0. The molecule has 2 rings (SSSR count). The van der Waals surface area contributed by atoms with E-state index in [1.54, 1.807) is 0 Å². The maximum Gasteiger partial charge on any atom is 0.0221 e. The van der Waals surface area contributed by atoms with Crippen LogP contribution in [-0.4, -0.2) is 30.6 Å². The lowest BCUT2D eigenvalue weighted by Crippen LogP contribution is -2.46. The van der Waals surface area contributed by atoms with Crippen molar-refractivity contribution in [1.82, 2.24) is 4.90 Å². The fourth-order valence-corrected chi connectivity index (χ4v) is 3.38. The predicted molar refractivity (Wildman–Crippen MR) is 86.8 cm³/mol. The van der Waals surface area contributed by atoms with Crippen molar-refractivity contribution in [2.45, 2.75) is 51.5 Å². The van der Waals surface area contributed by atoms with E-state index in [-0.39, 0.29) is 0 Å². The maximum absolute atomic E-state index is 5.96. The summed E-state index contributed by atoms with van der Waals surface area (Å²) in [6.45, 7) is 5.62. The van der Waals surface area contributed by atoms with Crippen molar-refractivity contribution in [3.8, 4) is 0 Å². The van der Waals surface area contributed by atoms with Gasteiger partial charge in [0.25, 0.3) is 0 Å². The monoisotopic (exact) mass is 274 g/mol. The molecule has 1 aromatic rings. The number of rotatable bonds is 7. The van der Waals surface area contributed by atoms with Gasteiger partial charge >= 0.3 is 0 Å². The van der Waals surface area contributed by atoms with E-state index >= 15 is 0 Å². The molecule has 2 atom stereocenters. The number of nitrogens with zero attached hydrogens (tertiary/aromatic N) is 1. The minimum absolute atomic E-state index is 0.630. The molecular weight excluding hydrogens is 244 g/mol. The van der Waals surface area contributed by atoms with E-state index < -0.39 is 0 Å². The highest BCUT2D eigenvalue weighted by atomic mass is 15.2. The van der Waals surface area contributed by atoms with Crippen LogP contribution in [0.2, 0.25) is 0 Å². The van der Waals surface area contributed by atoms with Crippen molar-refractivity contribution in [3.05, 3.63) is 35.9 Å². The molecule has 2 N–H and O–H groups in total. The van der Waals surface area contributed by atoms with Gasteiger partial charge in [-0.25, -0.2) is 0 Å². The Morgan fingerprint density at radius 1 is 1.20 bits per heavy atom. The van der Waals surface area contributed by atoms with Crippen LogP contribution >= 0.6 is 0 Å². The van der Waals surface area contributed by atoms with Gasteiger partial charge in [-0.1, -0.05) is 43.7 Å². The number of likely N-dealkylation sites (tertiary alicyclic amines) is 1. The summed E-state index contributed by atoms with van der Waals surface area (Å²) in [5.41, 5.74) is 7.43. The number of benzene rings is 1. The van der Waals surface area contributed by atoms with Gasteiger partial charge in [-0.3, -0.25) is 4.90 Å². The molecule has 0 saturated carbocycles. The average Bonchev–Trinajstić information content (AvgIpc) is 2.52. The second-order valence-corrected chi connectivity index (χ2v) is 6.17. The zero-order chi connectivity index (χ0) is 14.2. The largest absolute Gasteiger partial charge is 0.329 e. The van der Waals surface area contributed by atoms with Crippen LogP contribution < -0.4 is 5.73 Å². The molecule has 0 amide bonds. The Balaban J connectivity index is 1.68. The molecule has 0 aromatic heterocycles. The second kappa shape index (κ2) is 8.43. The quantitative estimate of drug-likeness (QED) is 0.772. The van der Waals surface area contributed by atoms with E-state index in [1.807, 2.05) is 0 Å². The van der Waals surface area contributed by atoms with Crippen LogP contribution in [0.1, 0.15) is 44.6 Å². The first-order valence-electron chi connectivity index (χ1n) is 8.31. The second-order valence-electron chi connectivity index (χ2n) is 6.17. The van der Waals surface area contributed by atoms with Gasteiger partial charge < -0.3 is 5.73 Å². The average molecular weight is 274 g/mol. The van der Waals surface area contributed by atoms with E-state index in [9.17, 15) is 0 Å². The molecular formula is C18H30N2. The molecule has 2 nitrogen and oxygen atoms in total. The Morgan fingerprint density at radius 3 is 2.70 bits per heavy atom. The number of piperidine rings is 1. The lowest BCUT2D eigenvalue weighted by Gasteiger charge is -2.38. The summed E-state index contributed by atoms with van der Waals surface area (Å²) < 4.78 is 0. The molecule has 1 saturated heterocycles. The minimum Gasteiger partial charge on any atom is -0.329 e. The van der Waals surface area contributed by atoms with Crippen LogP contribution in [0.25, 0.3) is 0 Å². The van der Waals surface area contributed by atoms with Crippen molar-refractivity contribution in [1.29, 1.82) is 0 Å². The van der Waals surface area contributed by atoms with Crippen LogP contribution in [0.5, 0.6) is 0 Å². The molecule has 20 heavy (non-hydrogen) atoms. The fourth-order valence-electron chi connectivity index (χ4n) is 3.38. The molecule has 2 unspecified atom stereocenters. The molecule has 112 valence electrons. The van der Waals surface area contributed by atoms with Crippen LogP contribution in [0.15, 0.2) is 30.3 Å². The first-order valence-corrected chi connectivity index (χ1v) is 8.31. The SMILES string of the molecule is CCC1CCN(CCCCc2ccccc2)C(CN)C1. The van der Waals surface area contributed by atoms with Gasteiger partial charge in [0, 0.05) is 12.6 Å². The summed E-state index contributed by atoms with van der Waals surface area (Å²) in [6.07, 6.45) is 7.78. The van der Waals surface area contributed by atoms with Crippen molar-refractivity contribution < 1.29 is 0 Å². The molecule has 0 radical (unpaired) electrons. The molecule has 1 heterocycles. The number of aryl methyl sites for hydroxylation is 1. The fraction of sp³-hybridized carbons (Fsp3) is 0.667. The number of hydrogen-bond donors (Lipinski definition) is 1. The van der Waals surface area contributed by atoms with Crippen molar-refractivity contribution in [2.24, 2.45) is 11.7 Å². The van der Waals surface area contributed by atoms with Crippen LogP contribution in [-0.2, 0) is 6.42 Å². The van der Waals surface area contributed by atoms with E-state index in [1.165, 1.54) is 57.2 Å². The Morgan fingerprint density at radius 2 is 2.00 bits per heavy atom. The topological polar surface area (TPSA) is 29.3 Å². The van der Waals surface area contributed by atoms with E-state index in [0.717, 1.165) is 12.5 Å². The van der Waals surface area contributed by atoms with Gasteiger partial charge in [-0.15, -0.1) is 0 Å². The molecule has 1 aliphatic heterocycles. The summed E-state index contributed by atoms with van der Waals surface area (Å²) in [6, 6.07) is 11.5. The smallest absolute Gasteiger partial charge is 0.0221 e. The maximum atomic E-state index is 5.96. The van der Waals surface area contributed by atoms with Gasteiger partial charge in [0.15, 0.2) is 0 Å². The molecule has 0 spiro atoms. The third kappa shape index (κ3) is 4.60. The van der Waals surface area contributed by atoms with Crippen LogP contribution in [0, 0.1) is 5.92 Å². The van der Waals surface area contributed by atoms with E-state index in [2.05, 4.69) is 42.2 Å². The predicted octanol–water partition coefficient (Wildman–Crippen LogP) is 3.46. The van der Waals surface area contributed by atoms with Gasteiger partial charge in [0.05, 0.1) is 0 Å². The number of hydrogen-bond acceptors (Lipinski definition) is 2. The Bertz CT molecular complexity index is 363. The Hall–Kier alpha value is -0.860. The third-order valence-electron chi connectivity index (χ3n) is 4.80. The Labute approximate surface area is 124 Å². The first kappa shape index (κ1) is 15.5. The standard InChI is InChI=1S/C18H30N2/c1-2-16-11-13-20(18(14-16)15-19)12-7-6-10-17-8-4-3-5-9-17/h3-5,8-9,16,18H,2,6-7,10-15,19H2,1H3. The minimum atomic E-state index is 0.630. The number of nitrogens with two attached hydrogens (primary N) is 1. The zero-order valence-electron chi connectivity index (χ0n) is 12.9. The molecule has 2 heteroatoms. The highest BCUT2D eigenvalue weighted by molar-refractivity contribution is 5.14. The summed E-state index contributed by atoms with van der Waals surface area (Å²) >= 11 is 0. The number of unbranched alkanes of at least 4 members (excludes halogenated alkanes) is 1. The van der Waals surface area contributed by atoms with Crippen molar-refractivity contribution in [2.75, 3.05) is 19.6 Å². The van der Waals surface area contributed by atoms with Gasteiger partial charge in [0.1, 0.15) is 0 Å². The molecule has 0 aliphatic carbocycles. The molecule has 0 bridgehead atoms. The summed E-state index contributed by atoms with van der Waals surface area (Å²) in [4.78, 5) is 2.64. The molecule has 1 fully saturated rings. The molecule has 1 aromatic carbocycles. The summed E-state index contributed by atoms with van der Waals surface area (Å²) in [5.74, 6) is 0.907. The Kier molecular flexibility index (Phi) is 6.55. The van der Waals surface area contributed by atoms with E-state index in [4.69, 9.17) is 5.73 Å². The van der Waals surface area contributed by atoms with Gasteiger partial charge in [-0.05, 0) is 56.7 Å². The molecule has 1 aliphatic rings. The zero-order valence-corrected chi connectivity index (χ0v) is 12.9. The normalized spacial score (nSPS) is 23.9. The lowest BCUT2D eigenvalue weighted by molar-refractivity contribution is 0.113. The van der Waals surface area contributed by atoms with Crippen LogP contribution in [0.4, 0.5) is 0 Å². The summed E-state index contributed by atoms with van der Waals surface area (Å²) in [7, 11) is 0. The highest BCUT2D eigenvalue weighted by Gasteiger charge is 2.25. The third-order valence-corrected chi connectivity index (χ3v) is 4.80.